The molecule has 1 saturated heterocycles. The molecule has 1 rings (SSSR count). The summed E-state index contributed by atoms with van der Waals surface area (Å²) in [4.78, 5) is 4.39. The average Bonchev–Trinajstić information content (AvgIpc) is 2.81. The summed E-state index contributed by atoms with van der Waals surface area (Å²) in [5.74, 6) is 6.67. The van der Waals surface area contributed by atoms with E-state index in [0.29, 0.717) is 18.5 Å². The molecule has 0 amide bonds. The zero-order valence-electron chi connectivity index (χ0n) is 10.7. The molecule has 0 radical (unpaired) electrons. The predicted molar refractivity (Wildman–Crippen MR) is 67.6 cm³/mol. The van der Waals surface area contributed by atoms with Crippen LogP contribution < -0.4 is 16.6 Å². The molecule has 0 aromatic heterocycles. The zero-order valence-corrected chi connectivity index (χ0v) is 10.7. The third kappa shape index (κ3) is 5.86. The molecule has 0 aromatic rings. The second kappa shape index (κ2) is 8.27. The Labute approximate surface area is 103 Å². The first-order valence-electron chi connectivity index (χ1n) is 6.10. The fourth-order valence-corrected chi connectivity index (χ4v) is 1.83. The van der Waals surface area contributed by atoms with Crippen molar-refractivity contribution in [3.05, 3.63) is 0 Å². The number of guanidine groups is 1. The summed E-state index contributed by atoms with van der Waals surface area (Å²) in [5.41, 5.74) is 2.57. The Hall–Kier alpha value is -0.850. The van der Waals surface area contributed by atoms with Gasteiger partial charge in [-0.05, 0) is 25.7 Å². The van der Waals surface area contributed by atoms with Crippen LogP contribution >= 0.6 is 0 Å². The normalized spacial score (nSPS) is 22.5. The fraction of sp³-hybridized carbons (Fsp3) is 0.909. The van der Waals surface area contributed by atoms with Crippen molar-refractivity contribution < 1.29 is 9.47 Å². The van der Waals surface area contributed by atoms with E-state index in [2.05, 4.69) is 15.7 Å². The van der Waals surface area contributed by atoms with Gasteiger partial charge in [-0.3, -0.25) is 10.4 Å². The van der Waals surface area contributed by atoms with Gasteiger partial charge >= 0.3 is 0 Å². The number of hydrogen-bond donors (Lipinski definition) is 3. The van der Waals surface area contributed by atoms with Crippen molar-refractivity contribution in [2.75, 3.05) is 33.5 Å². The highest BCUT2D eigenvalue weighted by Gasteiger charge is 2.14. The van der Waals surface area contributed by atoms with Crippen molar-refractivity contribution in [3.8, 4) is 0 Å². The Balaban J connectivity index is 2.22. The van der Waals surface area contributed by atoms with E-state index in [1.165, 1.54) is 0 Å². The Morgan fingerprint density at radius 2 is 2.47 bits per heavy atom. The number of ether oxygens (including phenoxy) is 2. The quantitative estimate of drug-likeness (QED) is 0.262. The summed E-state index contributed by atoms with van der Waals surface area (Å²) >= 11 is 0. The number of aliphatic imine (C=N–C) groups is 1. The lowest BCUT2D eigenvalue weighted by Crippen LogP contribution is -2.47. The van der Waals surface area contributed by atoms with E-state index in [1.54, 1.807) is 7.11 Å². The van der Waals surface area contributed by atoms with Crippen LogP contribution in [0.4, 0.5) is 0 Å². The maximum atomic E-state index is 5.40. The van der Waals surface area contributed by atoms with Gasteiger partial charge in [0.1, 0.15) is 0 Å². The molecule has 0 bridgehead atoms. The van der Waals surface area contributed by atoms with Gasteiger partial charge < -0.3 is 14.8 Å². The molecular weight excluding hydrogens is 220 g/mol. The van der Waals surface area contributed by atoms with Gasteiger partial charge in [-0.15, -0.1) is 0 Å². The Morgan fingerprint density at radius 3 is 3.06 bits per heavy atom. The van der Waals surface area contributed by atoms with Crippen molar-refractivity contribution in [3.63, 3.8) is 0 Å². The van der Waals surface area contributed by atoms with Crippen LogP contribution in [0.15, 0.2) is 4.99 Å². The zero-order chi connectivity index (χ0) is 12.5. The highest BCUT2D eigenvalue weighted by atomic mass is 16.5. The second-order valence-corrected chi connectivity index (χ2v) is 4.39. The van der Waals surface area contributed by atoms with E-state index < -0.39 is 0 Å². The number of nitrogens with two attached hydrogens (primary N) is 1. The van der Waals surface area contributed by atoms with Crippen molar-refractivity contribution >= 4 is 5.96 Å². The first kappa shape index (κ1) is 14.2. The monoisotopic (exact) mass is 244 g/mol. The lowest BCUT2D eigenvalue weighted by Gasteiger charge is -2.15. The van der Waals surface area contributed by atoms with Gasteiger partial charge in [0, 0.05) is 32.9 Å². The Morgan fingerprint density at radius 1 is 1.65 bits per heavy atom. The average molecular weight is 244 g/mol. The number of hydrazine groups is 1. The van der Waals surface area contributed by atoms with Crippen LogP contribution in [0, 0.1) is 5.92 Å². The third-order valence-corrected chi connectivity index (χ3v) is 2.77. The third-order valence-electron chi connectivity index (χ3n) is 2.77. The van der Waals surface area contributed by atoms with E-state index in [0.717, 1.165) is 32.6 Å². The molecule has 0 aromatic carbocycles. The minimum absolute atomic E-state index is 0.185. The number of nitrogens with one attached hydrogen (secondary N) is 2. The molecule has 1 fully saturated rings. The molecule has 0 saturated carbocycles. The van der Waals surface area contributed by atoms with E-state index in [-0.39, 0.29) is 6.04 Å². The molecule has 0 spiro atoms. The molecule has 4 N–H and O–H groups in total. The SMILES string of the molecule is COCC(C)NC(=NCCC1CCOC1)NN. The summed E-state index contributed by atoms with van der Waals surface area (Å²) in [6, 6.07) is 0.185. The van der Waals surface area contributed by atoms with Gasteiger partial charge in [0.15, 0.2) is 0 Å². The standard InChI is InChI=1S/C11H24N4O2/c1-9(7-16-2)14-11(15-12)13-5-3-10-4-6-17-8-10/h9-10H,3-8,12H2,1-2H3,(H2,13,14,15). The van der Waals surface area contributed by atoms with E-state index in [1.807, 2.05) is 6.92 Å². The van der Waals surface area contributed by atoms with Gasteiger partial charge in [-0.2, -0.15) is 0 Å². The molecular formula is C11H24N4O2. The molecule has 100 valence electrons. The number of hydrogen-bond acceptors (Lipinski definition) is 4. The fourth-order valence-electron chi connectivity index (χ4n) is 1.83. The van der Waals surface area contributed by atoms with Crippen LogP contribution in [-0.4, -0.2) is 45.5 Å². The largest absolute Gasteiger partial charge is 0.383 e. The topological polar surface area (TPSA) is 80.9 Å². The van der Waals surface area contributed by atoms with Crippen molar-refractivity contribution in [1.29, 1.82) is 0 Å². The van der Waals surface area contributed by atoms with Crippen LogP contribution in [0.3, 0.4) is 0 Å². The van der Waals surface area contributed by atoms with Gasteiger partial charge in [0.05, 0.1) is 6.61 Å². The second-order valence-electron chi connectivity index (χ2n) is 4.39. The first-order valence-corrected chi connectivity index (χ1v) is 6.10. The lowest BCUT2D eigenvalue weighted by molar-refractivity contribution is 0.179. The Kier molecular flexibility index (Phi) is 6.91. The van der Waals surface area contributed by atoms with Crippen molar-refractivity contribution in [1.82, 2.24) is 10.7 Å². The van der Waals surface area contributed by atoms with Gasteiger partial charge in [-0.1, -0.05) is 0 Å². The minimum Gasteiger partial charge on any atom is -0.383 e. The highest BCUT2D eigenvalue weighted by Crippen LogP contribution is 2.15. The van der Waals surface area contributed by atoms with Crippen LogP contribution in [0.5, 0.6) is 0 Å². The summed E-state index contributed by atoms with van der Waals surface area (Å²) in [6.07, 6.45) is 2.19. The molecule has 1 heterocycles. The first-order chi connectivity index (χ1) is 8.26. The van der Waals surface area contributed by atoms with Gasteiger partial charge in [-0.25, -0.2) is 5.84 Å². The van der Waals surface area contributed by atoms with E-state index in [9.17, 15) is 0 Å². The molecule has 2 unspecified atom stereocenters. The van der Waals surface area contributed by atoms with E-state index in [4.69, 9.17) is 15.3 Å². The van der Waals surface area contributed by atoms with Crippen LogP contribution in [0.1, 0.15) is 19.8 Å². The van der Waals surface area contributed by atoms with Crippen LogP contribution in [-0.2, 0) is 9.47 Å². The molecule has 1 aliphatic heterocycles. The maximum Gasteiger partial charge on any atom is 0.206 e. The van der Waals surface area contributed by atoms with Crippen molar-refractivity contribution in [2.24, 2.45) is 16.8 Å². The summed E-state index contributed by atoms with van der Waals surface area (Å²) in [6.45, 7) is 5.16. The predicted octanol–water partition coefficient (Wildman–Crippen LogP) is -0.143. The summed E-state index contributed by atoms with van der Waals surface area (Å²) in [7, 11) is 1.67. The lowest BCUT2D eigenvalue weighted by atomic mass is 10.1. The summed E-state index contributed by atoms with van der Waals surface area (Å²) < 4.78 is 10.3. The number of methoxy groups -OCH3 is 1. The van der Waals surface area contributed by atoms with Gasteiger partial charge in [0.2, 0.25) is 5.96 Å². The minimum atomic E-state index is 0.185. The number of nitrogens with zero attached hydrogens (tertiary/aromatic N) is 1. The van der Waals surface area contributed by atoms with Crippen LogP contribution in [0.25, 0.3) is 0 Å². The molecule has 2 atom stereocenters. The number of rotatable bonds is 6. The molecule has 17 heavy (non-hydrogen) atoms. The van der Waals surface area contributed by atoms with Gasteiger partial charge in [0.25, 0.3) is 0 Å². The molecule has 6 heteroatoms. The maximum absolute atomic E-state index is 5.40. The molecule has 1 aliphatic rings. The van der Waals surface area contributed by atoms with Crippen LogP contribution in [0.2, 0.25) is 0 Å². The Bertz CT molecular complexity index is 230. The smallest absolute Gasteiger partial charge is 0.206 e. The highest BCUT2D eigenvalue weighted by molar-refractivity contribution is 5.79. The van der Waals surface area contributed by atoms with Crippen molar-refractivity contribution in [2.45, 2.75) is 25.8 Å². The van der Waals surface area contributed by atoms with E-state index >= 15 is 0 Å². The molecule has 6 nitrogen and oxygen atoms in total. The molecule has 0 aliphatic carbocycles. The summed E-state index contributed by atoms with van der Waals surface area (Å²) in [5, 5.41) is 3.15.